The average Bonchev–Trinajstić information content (AvgIpc) is 2.13. The van der Waals surface area contributed by atoms with Crippen molar-refractivity contribution in [2.45, 2.75) is 38.3 Å². The van der Waals surface area contributed by atoms with Gasteiger partial charge < -0.3 is 10.2 Å². The molecule has 2 N–H and O–H groups in total. The van der Waals surface area contributed by atoms with Crippen LogP contribution in [0.1, 0.15) is 12.5 Å². The summed E-state index contributed by atoms with van der Waals surface area (Å²) in [6, 6.07) is 5.63. The summed E-state index contributed by atoms with van der Waals surface area (Å²) >= 11 is 0. The number of nitrogens with two attached hydrogens (primary N) is 1. The van der Waals surface area contributed by atoms with Gasteiger partial charge in [-0.2, -0.15) is 13.2 Å². The summed E-state index contributed by atoms with van der Waals surface area (Å²) in [7, 11) is -2.35. The molecule has 0 radical (unpaired) electrons. The highest BCUT2D eigenvalue weighted by atomic mass is 28.4. The fraction of sp³-hybridized carbons (Fsp3) is 0.500. The van der Waals surface area contributed by atoms with E-state index in [1.807, 2.05) is 0 Å². The third kappa shape index (κ3) is 3.26. The number of alkyl halides is 3. The van der Waals surface area contributed by atoms with Gasteiger partial charge in [0.25, 0.3) is 0 Å². The highest BCUT2D eigenvalue weighted by Crippen LogP contribution is 2.43. The van der Waals surface area contributed by atoms with Crippen LogP contribution in [0.4, 0.5) is 18.9 Å². The van der Waals surface area contributed by atoms with Crippen molar-refractivity contribution >= 4 is 14.0 Å². The van der Waals surface area contributed by atoms with Gasteiger partial charge >= 0.3 is 6.18 Å². The molecule has 102 valence electrons. The van der Waals surface area contributed by atoms with E-state index in [9.17, 15) is 13.2 Å². The van der Waals surface area contributed by atoms with Crippen LogP contribution in [0.3, 0.4) is 0 Å². The Hall–Kier alpha value is -1.01. The Kier molecular flexibility index (Phi) is 3.83. The highest BCUT2D eigenvalue weighted by molar-refractivity contribution is 6.69. The molecular weight excluding hydrogens is 259 g/mol. The molecule has 6 heteroatoms. The Bertz CT molecular complexity index is 411. The van der Waals surface area contributed by atoms with Gasteiger partial charge in [0.2, 0.25) is 0 Å². The number of halogens is 3. The van der Waals surface area contributed by atoms with E-state index in [4.69, 9.17) is 10.2 Å². The van der Waals surface area contributed by atoms with Gasteiger partial charge in [-0.25, -0.2) is 0 Å². The summed E-state index contributed by atoms with van der Waals surface area (Å²) in [5.74, 6) is 0. The van der Waals surface area contributed by atoms with Crippen LogP contribution in [0.2, 0.25) is 19.6 Å². The number of benzene rings is 1. The molecule has 0 bridgehead atoms. The molecule has 0 heterocycles. The van der Waals surface area contributed by atoms with Gasteiger partial charge in [-0.05, 0) is 44.3 Å². The predicted molar refractivity (Wildman–Crippen MR) is 68.7 cm³/mol. The zero-order valence-electron chi connectivity index (χ0n) is 10.9. The van der Waals surface area contributed by atoms with Crippen LogP contribution < -0.4 is 5.73 Å². The van der Waals surface area contributed by atoms with Crippen molar-refractivity contribution in [3.05, 3.63) is 29.8 Å². The summed E-state index contributed by atoms with van der Waals surface area (Å²) in [5.41, 5.74) is 3.71. The van der Waals surface area contributed by atoms with Gasteiger partial charge in [-0.1, -0.05) is 12.1 Å². The van der Waals surface area contributed by atoms with Gasteiger partial charge in [-0.15, -0.1) is 0 Å². The average molecular weight is 277 g/mol. The van der Waals surface area contributed by atoms with E-state index in [2.05, 4.69) is 0 Å². The first kappa shape index (κ1) is 15.0. The minimum Gasteiger partial charge on any atom is -0.401 e. The maximum absolute atomic E-state index is 13.3. The Morgan fingerprint density at radius 3 is 1.83 bits per heavy atom. The second-order valence-electron chi connectivity index (χ2n) is 5.37. The normalized spacial score (nSPS) is 16.4. The smallest absolute Gasteiger partial charge is 0.401 e. The van der Waals surface area contributed by atoms with E-state index in [0.29, 0.717) is 5.69 Å². The highest BCUT2D eigenvalue weighted by Gasteiger charge is 2.55. The fourth-order valence-corrected chi connectivity index (χ4v) is 3.15. The summed E-state index contributed by atoms with van der Waals surface area (Å²) in [4.78, 5) is 0. The van der Waals surface area contributed by atoms with Crippen LogP contribution in [0.15, 0.2) is 24.3 Å². The summed E-state index contributed by atoms with van der Waals surface area (Å²) in [6.45, 7) is 6.26. The number of nitrogen functional groups attached to an aromatic ring is 1. The van der Waals surface area contributed by atoms with E-state index >= 15 is 0 Å². The summed E-state index contributed by atoms with van der Waals surface area (Å²) < 4.78 is 45.2. The first-order valence-corrected chi connectivity index (χ1v) is 8.99. The first-order chi connectivity index (χ1) is 7.96. The Balaban J connectivity index is 3.25. The molecule has 1 rings (SSSR count). The SMILES string of the molecule is CC(O[Si](C)(C)C)(c1ccc(N)cc1)C(F)(F)F. The zero-order valence-corrected chi connectivity index (χ0v) is 11.9. The standard InChI is InChI=1S/C12H18F3NOSi/c1-11(12(13,14)15,17-18(2,3)4)9-5-7-10(16)8-6-9/h5-8H,16H2,1-4H3. The van der Waals surface area contributed by atoms with E-state index in [0.717, 1.165) is 6.92 Å². The molecule has 0 spiro atoms. The topological polar surface area (TPSA) is 35.2 Å². The molecule has 0 saturated heterocycles. The van der Waals surface area contributed by atoms with Crippen molar-refractivity contribution < 1.29 is 17.6 Å². The van der Waals surface area contributed by atoms with Gasteiger partial charge in [-0.3, -0.25) is 0 Å². The fourth-order valence-electron chi connectivity index (χ4n) is 1.69. The molecule has 1 aromatic carbocycles. The van der Waals surface area contributed by atoms with Gasteiger partial charge in [0.15, 0.2) is 13.9 Å². The van der Waals surface area contributed by atoms with Crippen molar-refractivity contribution in [3.63, 3.8) is 0 Å². The summed E-state index contributed by atoms with van der Waals surface area (Å²) in [5, 5.41) is 0. The predicted octanol–water partition coefficient (Wildman–Crippen LogP) is 3.90. The molecule has 2 nitrogen and oxygen atoms in total. The Morgan fingerprint density at radius 2 is 1.50 bits per heavy atom. The molecule has 0 aliphatic carbocycles. The quantitative estimate of drug-likeness (QED) is 0.672. The monoisotopic (exact) mass is 277 g/mol. The van der Waals surface area contributed by atoms with Crippen molar-refractivity contribution in [2.24, 2.45) is 0 Å². The van der Waals surface area contributed by atoms with Crippen molar-refractivity contribution in [3.8, 4) is 0 Å². The number of rotatable bonds is 3. The van der Waals surface area contributed by atoms with Crippen LogP contribution in [0.5, 0.6) is 0 Å². The number of anilines is 1. The summed E-state index contributed by atoms with van der Waals surface area (Å²) in [6.07, 6.45) is -4.47. The van der Waals surface area contributed by atoms with Crippen LogP contribution in [-0.4, -0.2) is 14.5 Å². The lowest BCUT2D eigenvalue weighted by Crippen LogP contribution is -2.48. The molecule has 1 aromatic rings. The minimum atomic E-state index is -4.47. The first-order valence-electron chi connectivity index (χ1n) is 5.59. The minimum absolute atomic E-state index is 0.0756. The van der Waals surface area contributed by atoms with Crippen LogP contribution >= 0.6 is 0 Å². The second-order valence-corrected chi connectivity index (χ2v) is 9.80. The molecular formula is C12H18F3NOSi. The Labute approximate surface area is 106 Å². The molecule has 0 amide bonds. The van der Waals surface area contributed by atoms with Crippen molar-refractivity contribution in [2.75, 3.05) is 5.73 Å². The maximum Gasteiger partial charge on any atom is 0.420 e. The molecule has 18 heavy (non-hydrogen) atoms. The van der Waals surface area contributed by atoms with Crippen LogP contribution in [-0.2, 0) is 10.0 Å². The molecule has 0 aromatic heterocycles. The van der Waals surface area contributed by atoms with Crippen molar-refractivity contribution in [1.29, 1.82) is 0 Å². The second kappa shape index (κ2) is 4.58. The van der Waals surface area contributed by atoms with Crippen LogP contribution in [0.25, 0.3) is 0 Å². The lowest BCUT2D eigenvalue weighted by molar-refractivity contribution is -0.250. The Morgan fingerprint density at radius 1 is 1.06 bits per heavy atom. The lowest BCUT2D eigenvalue weighted by atomic mass is 9.95. The molecule has 0 aliphatic rings. The van der Waals surface area contributed by atoms with E-state index < -0.39 is 20.1 Å². The molecule has 0 saturated carbocycles. The lowest BCUT2D eigenvalue weighted by Gasteiger charge is -2.38. The van der Waals surface area contributed by atoms with E-state index in [-0.39, 0.29) is 5.56 Å². The molecule has 1 unspecified atom stereocenters. The number of hydrogen-bond acceptors (Lipinski definition) is 2. The largest absolute Gasteiger partial charge is 0.420 e. The molecule has 1 atom stereocenters. The van der Waals surface area contributed by atoms with E-state index in [1.165, 1.54) is 24.3 Å². The van der Waals surface area contributed by atoms with Gasteiger partial charge in [0, 0.05) is 5.69 Å². The maximum atomic E-state index is 13.3. The third-order valence-electron chi connectivity index (χ3n) is 2.51. The van der Waals surface area contributed by atoms with Crippen molar-refractivity contribution in [1.82, 2.24) is 0 Å². The van der Waals surface area contributed by atoms with Crippen LogP contribution in [0, 0.1) is 0 Å². The molecule has 0 fully saturated rings. The van der Waals surface area contributed by atoms with Gasteiger partial charge in [0.05, 0.1) is 0 Å². The number of hydrogen-bond donors (Lipinski definition) is 1. The third-order valence-corrected chi connectivity index (χ3v) is 3.53. The zero-order chi connectivity index (χ0) is 14.2. The van der Waals surface area contributed by atoms with Gasteiger partial charge in [0.1, 0.15) is 0 Å². The van der Waals surface area contributed by atoms with E-state index in [1.54, 1.807) is 19.6 Å². The molecule has 0 aliphatic heterocycles.